The first-order valence-corrected chi connectivity index (χ1v) is 15.7. The third-order valence-electron chi connectivity index (χ3n) is 12.0. The van der Waals surface area contributed by atoms with Gasteiger partial charge in [0.1, 0.15) is 24.7 Å². The van der Waals surface area contributed by atoms with Crippen LogP contribution < -0.4 is 9.47 Å². The van der Waals surface area contributed by atoms with Gasteiger partial charge in [-0.25, -0.2) is 0 Å². The standard InChI is InChI=1S/C34H44O4/c35-4-6-37-30-3-1-2-27-31(30)28(33-15-21-8-22(16-33)10-23(9-21)17-33)14-29(32(27)38-7-5-36)34-18-24-11-25(19-34)13-26(12-24)20-34/h1-3,14,21-26,35-36H,4-13,15-20H2. The zero-order valence-electron chi connectivity index (χ0n) is 22.8. The maximum Gasteiger partial charge on any atom is 0.131 e. The molecule has 0 amide bonds. The highest BCUT2D eigenvalue weighted by molar-refractivity contribution is 5.98. The molecule has 0 radical (unpaired) electrons. The molecule has 204 valence electrons. The summed E-state index contributed by atoms with van der Waals surface area (Å²) < 4.78 is 12.8. The van der Waals surface area contributed by atoms with Crippen LogP contribution in [-0.4, -0.2) is 36.6 Å². The van der Waals surface area contributed by atoms with E-state index in [9.17, 15) is 10.2 Å². The van der Waals surface area contributed by atoms with Crippen LogP contribution in [0.25, 0.3) is 10.8 Å². The second kappa shape index (κ2) is 8.86. The average Bonchev–Trinajstić information content (AvgIpc) is 2.88. The normalized spacial score (nSPS) is 40.3. The number of hydrogen-bond donors (Lipinski definition) is 2. The van der Waals surface area contributed by atoms with E-state index in [0.717, 1.165) is 47.0 Å². The molecule has 8 fully saturated rings. The number of benzene rings is 2. The van der Waals surface area contributed by atoms with Gasteiger partial charge in [-0.2, -0.15) is 0 Å². The third kappa shape index (κ3) is 3.61. The Bertz CT molecular complexity index is 1160. The summed E-state index contributed by atoms with van der Waals surface area (Å²) in [6.07, 6.45) is 16.5. The van der Waals surface area contributed by atoms with Crippen molar-refractivity contribution in [3.63, 3.8) is 0 Å². The molecule has 10 rings (SSSR count). The first kappa shape index (κ1) is 24.1. The fourth-order valence-electron chi connectivity index (χ4n) is 11.7. The summed E-state index contributed by atoms with van der Waals surface area (Å²) >= 11 is 0. The molecule has 2 N–H and O–H groups in total. The summed E-state index contributed by atoms with van der Waals surface area (Å²) in [6.45, 7) is 0.678. The Kier molecular flexibility index (Phi) is 5.61. The Hall–Kier alpha value is -1.78. The number of ether oxygens (including phenoxy) is 2. The molecular weight excluding hydrogens is 472 g/mol. The van der Waals surface area contributed by atoms with Gasteiger partial charge in [-0.05, 0) is 135 Å². The van der Waals surface area contributed by atoms with Gasteiger partial charge in [0.15, 0.2) is 0 Å². The van der Waals surface area contributed by atoms with E-state index in [2.05, 4.69) is 24.3 Å². The van der Waals surface area contributed by atoms with Gasteiger partial charge in [0.05, 0.1) is 13.2 Å². The van der Waals surface area contributed by atoms with Crippen LogP contribution in [0, 0.1) is 35.5 Å². The molecule has 0 saturated heterocycles. The molecule has 4 nitrogen and oxygen atoms in total. The molecule has 4 heteroatoms. The zero-order valence-corrected chi connectivity index (χ0v) is 22.8. The molecule has 8 aliphatic carbocycles. The molecule has 0 atom stereocenters. The lowest BCUT2D eigenvalue weighted by atomic mass is 9.46. The van der Waals surface area contributed by atoms with E-state index < -0.39 is 0 Å². The van der Waals surface area contributed by atoms with E-state index in [4.69, 9.17) is 9.47 Å². The van der Waals surface area contributed by atoms with Crippen molar-refractivity contribution >= 4 is 10.8 Å². The molecular formula is C34H44O4. The van der Waals surface area contributed by atoms with Gasteiger partial charge in [-0.3, -0.25) is 0 Å². The summed E-state index contributed by atoms with van der Waals surface area (Å²) in [5, 5.41) is 21.9. The van der Waals surface area contributed by atoms with Crippen molar-refractivity contribution in [1.82, 2.24) is 0 Å². The summed E-state index contributed by atoms with van der Waals surface area (Å²) in [5.41, 5.74) is 3.44. The number of aliphatic hydroxyl groups is 2. The van der Waals surface area contributed by atoms with Crippen LogP contribution in [0.4, 0.5) is 0 Å². The minimum absolute atomic E-state index is 0.0162. The van der Waals surface area contributed by atoms with Crippen molar-refractivity contribution in [2.75, 3.05) is 26.4 Å². The lowest BCUT2D eigenvalue weighted by Gasteiger charge is -2.59. The molecule has 38 heavy (non-hydrogen) atoms. The van der Waals surface area contributed by atoms with Gasteiger partial charge in [-0.1, -0.05) is 18.2 Å². The van der Waals surface area contributed by atoms with Crippen LogP contribution in [0.5, 0.6) is 11.5 Å². The van der Waals surface area contributed by atoms with Crippen molar-refractivity contribution in [3.05, 3.63) is 35.4 Å². The largest absolute Gasteiger partial charge is 0.491 e. The molecule has 2 aromatic rings. The van der Waals surface area contributed by atoms with Crippen molar-refractivity contribution in [2.24, 2.45) is 35.5 Å². The second-order valence-electron chi connectivity index (χ2n) is 14.5. The molecule has 8 bridgehead atoms. The Balaban J connectivity index is 1.37. The maximum atomic E-state index is 9.83. The topological polar surface area (TPSA) is 58.9 Å². The summed E-state index contributed by atoms with van der Waals surface area (Å²) in [5.74, 6) is 7.12. The maximum absolute atomic E-state index is 9.83. The highest BCUT2D eigenvalue weighted by Crippen LogP contribution is 2.66. The SMILES string of the molecule is OCCOc1c(C23CC4CC(CC(C4)C2)C3)cc(C23CC4CC(CC(C4)C2)C3)c2c(OCCO)cccc12. The monoisotopic (exact) mass is 516 g/mol. The number of hydrogen-bond acceptors (Lipinski definition) is 4. The fraction of sp³-hybridized carbons (Fsp3) is 0.706. The molecule has 0 aliphatic heterocycles. The van der Waals surface area contributed by atoms with Crippen LogP contribution in [-0.2, 0) is 10.8 Å². The third-order valence-corrected chi connectivity index (χ3v) is 12.0. The average molecular weight is 517 g/mol. The van der Waals surface area contributed by atoms with Crippen LogP contribution in [0.3, 0.4) is 0 Å². The minimum Gasteiger partial charge on any atom is -0.491 e. The Morgan fingerprint density at radius 3 is 1.61 bits per heavy atom. The van der Waals surface area contributed by atoms with Crippen molar-refractivity contribution in [3.8, 4) is 11.5 Å². The summed E-state index contributed by atoms with van der Waals surface area (Å²) in [7, 11) is 0. The van der Waals surface area contributed by atoms with Crippen molar-refractivity contribution in [2.45, 2.75) is 87.9 Å². The van der Waals surface area contributed by atoms with Crippen LogP contribution >= 0.6 is 0 Å². The Morgan fingerprint density at radius 2 is 1.11 bits per heavy atom. The Labute approximate surface area is 227 Å². The summed E-state index contributed by atoms with van der Waals surface area (Å²) in [4.78, 5) is 0. The molecule has 0 spiro atoms. The molecule has 2 aromatic carbocycles. The Morgan fingerprint density at radius 1 is 0.632 bits per heavy atom. The van der Waals surface area contributed by atoms with Gasteiger partial charge in [0, 0.05) is 16.3 Å². The molecule has 0 heterocycles. The minimum atomic E-state index is 0.0162. The van der Waals surface area contributed by atoms with E-state index >= 15 is 0 Å². The van der Waals surface area contributed by atoms with Gasteiger partial charge < -0.3 is 19.7 Å². The second-order valence-corrected chi connectivity index (χ2v) is 14.5. The zero-order chi connectivity index (χ0) is 25.5. The van der Waals surface area contributed by atoms with Crippen LogP contribution in [0.2, 0.25) is 0 Å². The van der Waals surface area contributed by atoms with Gasteiger partial charge >= 0.3 is 0 Å². The fourth-order valence-corrected chi connectivity index (χ4v) is 11.7. The van der Waals surface area contributed by atoms with E-state index in [1.807, 2.05) is 0 Å². The highest BCUT2D eigenvalue weighted by atomic mass is 16.5. The highest BCUT2D eigenvalue weighted by Gasteiger charge is 2.55. The first-order chi connectivity index (χ1) is 18.6. The quantitative estimate of drug-likeness (QED) is 0.420. The molecule has 0 unspecified atom stereocenters. The van der Waals surface area contributed by atoms with Crippen LogP contribution in [0.1, 0.15) is 88.2 Å². The van der Waals surface area contributed by atoms with Gasteiger partial charge in [-0.15, -0.1) is 0 Å². The van der Waals surface area contributed by atoms with Crippen LogP contribution in [0.15, 0.2) is 24.3 Å². The first-order valence-electron chi connectivity index (χ1n) is 15.7. The molecule has 0 aromatic heterocycles. The smallest absolute Gasteiger partial charge is 0.131 e. The molecule has 8 aliphatic rings. The number of aliphatic hydroxyl groups excluding tert-OH is 2. The van der Waals surface area contributed by atoms with E-state index in [-0.39, 0.29) is 24.0 Å². The van der Waals surface area contributed by atoms with Crippen molar-refractivity contribution in [1.29, 1.82) is 0 Å². The molecule has 8 saturated carbocycles. The predicted octanol–water partition coefficient (Wildman–Crippen LogP) is 6.52. The van der Waals surface area contributed by atoms with Gasteiger partial charge in [0.25, 0.3) is 0 Å². The number of fused-ring (bicyclic) bond motifs is 1. The van der Waals surface area contributed by atoms with E-state index in [0.29, 0.717) is 13.2 Å². The lowest BCUT2D eigenvalue weighted by Crippen LogP contribution is -2.50. The lowest BCUT2D eigenvalue weighted by molar-refractivity contribution is -0.00881. The summed E-state index contributed by atoms with van der Waals surface area (Å²) in [6, 6.07) is 9.10. The van der Waals surface area contributed by atoms with E-state index in [1.165, 1.54) is 98.9 Å². The predicted molar refractivity (Wildman–Crippen MR) is 149 cm³/mol. The van der Waals surface area contributed by atoms with E-state index in [1.54, 1.807) is 0 Å². The number of rotatable bonds is 8. The van der Waals surface area contributed by atoms with Gasteiger partial charge in [0.2, 0.25) is 0 Å². The van der Waals surface area contributed by atoms with Crippen molar-refractivity contribution < 1.29 is 19.7 Å².